The molecule has 194 valence electrons. The van der Waals surface area contributed by atoms with Gasteiger partial charge in [-0.1, -0.05) is 21.8 Å². The average molecular weight is 566 g/mol. The number of methoxy groups -OCH3 is 1. The third-order valence-corrected chi connectivity index (χ3v) is 9.70. The molecular formula is C21H18F3NO8S3. The van der Waals surface area contributed by atoms with Gasteiger partial charge >= 0.3 is 15.5 Å². The number of sulfonamides is 2. The van der Waals surface area contributed by atoms with Crippen LogP contribution in [0.15, 0.2) is 81.4 Å². The van der Waals surface area contributed by atoms with E-state index in [0.29, 0.717) is 4.13 Å². The maximum atomic E-state index is 12.8. The molecule has 36 heavy (non-hydrogen) atoms. The number of ether oxygens (including phenoxy) is 2. The smallest absolute Gasteiger partial charge is 0.495 e. The highest BCUT2D eigenvalue weighted by Crippen LogP contribution is 2.33. The maximum Gasteiger partial charge on any atom is 0.512 e. The number of alkyl halides is 3. The quantitative estimate of drug-likeness (QED) is 0.437. The molecule has 0 aliphatic heterocycles. The van der Waals surface area contributed by atoms with E-state index in [-0.39, 0.29) is 21.3 Å². The summed E-state index contributed by atoms with van der Waals surface area (Å²) in [5.41, 5.74) is -4.99. The predicted molar refractivity (Wildman–Crippen MR) is 121 cm³/mol. The van der Waals surface area contributed by atoms with Gasteiger partial charge in [0.25, 0.3) is 10.0 Å². The number of hydrogen-bond acceptors (Lipinski definition) is 8. The van der Waals surface area contributed by atoms with Crippen LogP contribution in [-0.2, 0) is 29.9 Å². The molecule has 0 heterocycles. The minimum absolute atomic E-state index is 0.0433. The van der Waals surface area contributed by atoms with Crippen LogP contribution in [0.5, 0.6) is 17.2 Å². The summed E-state index contributed by atoms with van der Waals surface area (Å²) in [7, 11) is -14.3. The zero-order valence-electron chi connectivity index (χ0n) is 18.5. The Morgan fingerprint density at radius 2 is 1.25 bits per heavy atom. The molecule has 15 heteroatoms. The standard InChI is InChI=1S/C21H18F3NO8S3/c1-14-3-8-17(9-4-14)34(26,27)18-10-5-15(6-11-18)33-16-7-12-19(32-2)20(13-16)35(28,29)25-36(30,31)21(22,23)24/h3-13,25H,1-2H3. The highest BCUT2D eigenvalue weighted by atomic mass is 32.3. The van der Waals surface area contributed by atoms with Gasteiger partial charge in [0.1, 0.15) is 22.1 Å². The number of benzene rings is 3. The summed E-state index contributed by atoms with van der Waals surface area (Å²) in [4.78, 5) is -0.903. The van der Waals surface area contributed by atoms with Crippen LogP contribution in [0.1, 0.15) is 5.56 Å². The Balaban J connectivity index is 1.90. The summed E-state index contributed by atoms with van der Waals surface area (Å²) in [6.07, 6.45) is 0. The Bertz CT molecular complexity index is 1580. The first-order valence-corrected chi connectivity index (χ1v) is 14.1. The Hall–Kier alpha value is -3.14. The van der Waals surface area contributed by atoms with Gasteiger partial charge in [-0.3, -0.25) is 0 Å². The van der Waals surface area contributed by atoms with Gasteiger partial charge in [0, 0.05) is 6.07 Å². The van der Waals surface area contributed by atoms with Crippen LogP contribution in [-0.4, -0.2) is 37.9 Å². The predicted octanol–water partition coefficient (Wildman–Crippen LogP) is 3.76. The lowest BCUT2D eigenvalue weighted by Gasteiger charge is -2.14. The fourth-order valence-electron chi connectivity index (χ4n) is 2.84. The van der Waals surface area contributed by atoms with Crippen LogP contribution in [0.25, 0.3) is 0 Å². The van der Waals surface area contributed by atoms with Crippen LogP contribution in [0.4, 0.5) is 13.2 Å². The molecule has 0 bridgehead atoms. The molecule has 0 atom stereocenters. The van der Waals surface area contributed by atoms with Crippen molar-refractivity contribution in [2.45, 2.75) is 27.1 Å². The van der Waals surface area contributed by atoms with Gasteiger partial charge in [0.15, 0.2) is 0 Å². The summed E-state index contributed by atoms with van der Waals surface area (Å²) >= 11 is 0. The molecule has 0 fully saturated rings. The molecule has 0 unspecified atom stereocenters. The summed E-state index contributed by atoms with van der Waals surface area (Å²) in [6.45, 7) is 1.81. The molecule has 0 saturated carbocycles. The molecule has 1 N–H and O–H groups in total. The molecule has 0 aromatic heterocycles. The van der Waals surface area contributed by atoms with Crippen LogP contribution < -0.4 is 13.6 Å². The minimum atomic E-state index is -6.24. The number of sulfone groups is 1. The van der Waals surface area contributed by atoms with Crippen LogP contribution >= 0.6 is 0 Å². The van der Waals surface area contributed by atoms with Crippen molar-refractivity contribution in [3.05, 3.63) is 72.3 Å². The number of nitrogens with one attached hydrogen (secondary N) is 1. The number of aryl methyl sites for hydroxylation is 1. The summed E-state index contributed by atoms with van der Waals surface area (Å²) in [5, 5.41) is 0. The van der Waals surface area contributed by atoms with Gasteiger partial charge in [-0.05, 0) is 55.5 Å². The maximum absolute atomic E-state index is 12.8. The van der Waals surface area contributed by atoms with Crippen molar-refractivity contribution in [1.82, 2.24) is 4.13 Å². The number of hydrogen-bond donors (Lipinski definition) is 1. The van der Waals surface area contributed by atoms with E-state index in [1.54, 1.807) is 12.1 Å². The van der Waals surface area contributed by atoms with Crippen molar-refractivity contribution >= 4 is 29.9 Å². The molecule has 3 rings (SSSR count). The first kappa shape index (κ1) is 27.4. The SMILES string of the molecule is COc1ccc(Oc2ccc(S(=O)(=O)c3ccc(C)cc3)cc2)cc1S(=O)(=O)NS(=O)(=O)C(F)(F)F. The fraction of sp³-hybridized carbons (Fsp3) is 0.143. The minimum Gasteiger partial charge on any atom is -0.495 e. The van der Waals surface area contributed by atoms with Crippen molar-refractivity contribution in [2.24, 2.45) is 0 Å². The fourth-order valence-corrected chi connectivity index (χ4v) is 6.68. The summed E-state index contributed by atoms with van der Waals surface area (Å²) in [6, 6.07) is 14.3. The summed E-state index contributed by atoms with van der Waals surface area (Å²) in [5.74, 6) is -0.608. The third-order valence-electron chi connectivity index (χ3n) is 4.65. The van der Waals surface area contributed by atoms with Crippen molar-refractivity contribution in [1.29, 1.82) is 0 Å². The molecule has 9 nitrogen and oxygen atoms in total. The second-order valence-corrected chi connectivity index (χ2v) is 12.8. The molecule has 0 aliphatic rings. The van der Waals surface area contributed by atoms with E-state index < -0.39 is 46.0 Å². The largest absolute Gasteiger partial charge is 0.512 e. The monoisotopic (exact) mass is 565 g/mol. The van der Waals surface area contributed by atoms with Gasteiger partial charge in [-0.25, -0.2) is 25.3 Å². The highest BCUT2D eigenvalue weighted by molar-refractivity contribution is 8.05. The van der Waals surface area contributed by atoms with E-state index in [1.807, 2.05) is 6.92 Å². The number of rotatable bonds is 8. The van der Waals surface area contributed by atoms with Gasteiger partial charge in [-0.15, -0.1) is 0 Å². The Morgan fingerprint density at radius 1 is 0.750 bits per heavy atom. The highest BCUT2D eigenvalue weighted by Gasteiger charge is 2.48. The molecule has 3 aromatic rings. The second-order valence-electron chi connectivity index (χ2n) is 7.24. The third kappa shape index (κ3) is 5.80. The molecule has 0 amide bonds. The lowest BCUT2D eigenvalue weighted by Crippen LogP contribution is -2.40. The van der Waals surface area contributed by atoms with Crippen molar-refractivity contribution in [3.8, 4) is 17.2 Å². The second kappa shape index (κ2) is 9.72. The van der Waals surface area contributed by atoms with Crippen LogP contribution in [0, 0.1) is 6.92 Å². The topological polar surface area (TPSA) is 133 Å². The van der Waals surface area contributed by atoms with E-state index >= 15 is 0 Å². The Labute approximate surface area is 205 Å². The van der Waals surface area contributed by atoms with E-state index in [1.165, 1.54) is 42.5 Å². The van der Waals surface area contributed by atoms with Crippen LogP contribution in [0.3, 0.4) is 0 Å². The van der Waals surface area contributed by atoms with Crippen molar-refractivity contribution in [3.63, 3.8) is 0 Å². The van der Waals surface area contributed by atoms with Gasteiger partial charge in [-0.2, -0.15) is 13.2 Å². The van der Waals surface area contributed by atoms with E-state index in [9.17, 15) is 38.4 Å². The molecule has 3 aromatic carbocycles. The van der Waals surface area contributed by atoms with Crippen LogP contribution in [0.2, 0.25) is 0 Å². The van der Waals surface area contributed by atoms with Gasteiger partial charge in [0.2, 0.25) is 9.84 Å². The molecular weight excluding hydrogens is 547 g/mol. The van der Waals surface area contributed by atoms with Crippen molar-refractivity contribution < 1.29 is 47.9 Å². The Kier molecular flexibility index (Phi) is 7.41. The Morgan fingerprint density at radius 3 is 1.75 bits per heavy atom. The lowest BCUT2D eigenvalue weighted by molar-refractivity contribution is -0.0441. The molecule has 0 radical (unpaired) electrons. The zero-order chi connectivity index (χ0) is 26.9. The number of halogens is 3. The van der Waals surface area contributed by atoms with E-state index in [2.05, 4.69) is 0 Å². The summed E-state index contributed by atoms with van der Waals surface area (Å²) < 4.78 is 122. The first-order chi connectivity index (χ1) is 16.6. The first-order valence-electron chi connectivity index (χ1n) is 9.69. The van der Waals surface area contributed by atoms with Crippen molar-refractivity contribution in [2.75, 3.05) is 7.11 Å². The molecule has 0 saturated heterocycles. The van der Waals surface area contributed by atoms with Gasteiger partial charge < -0.3 is 9.47 Å². The normalized spacial score (nSPS) is 12.8. The molecule has 0 spiro atoms. The lowest BCUT2D eigenvalue weighted by atomic mass is 10.2. The van der Waals surface area contributed by atoms with Gasteiger partial charge in [0.05, 0.1) is 16.9 Å². The zero-order valence-corrected chi connectivity index (χ0v) is 20.9. The van der Waals surface area contributed by atoms with E-state index in [4.69, 9.17) is 9.47 Å². The molecule has 0 aliphatic carbocycles. The van der Waals surface area contributed by atoms with E-state index in [0.717, 1.165) is 24.8 Å². The average Bonchev–Trinajstić information content (AvgIpc) is 2.78.